The highest BCUT2D eigenvalue weighted by molar-refractivity contribution is 6.31. The van der Waals surface area contributed by atoms with Gasteiger partial charge in [-0.05, 0) is 48.9 Å². The molecule has 2 aromatic rings. The van der Waals surface area contributed by atoms with E-state index in [1.165, 1.54) is 12.1 Å². The van der Waals surface area contributed by atoms with Gasteiger partial charge in [-0.1, -0.05) is 17.7 Å². The van der Waals surface area contributed by atoms with Gasteiger partial charge in [0.05, 0.1) is 0 Å². The molecule has 3 rings (SSSR count). The fourth-order valence-corrected chi connectivity index (χ4v) is 2.91. The number of benzene rings is 2. The summed E-state index contributed by atoms with van der Waals surface area (Å²) < 4.78 is 13.0. The first kappa shape index (κ1) is 15.8. The van der Waals surface area contributed by atoms with E-state index in [0.29, 0.717) is 23.7 Å². The van der Waals surface area contributed by atoms with Crippen LogP contribution in [-0.4, -0.2) is 37.0 Å². The third kappa shape index (κ3) is 3.48. The van der Waals surface area contributed by atoms with E-state index in [-0.39, 0.29) is 11.7 Å². The van der Waals surface area contributed by atoms with E-state index in [1.807, 2.05) is 24.0 Å². The Balaban J connectivity index is 1.65. The Bertz CT molecular complexity index is 709. The largest absolute Gasteiger partial charge is 0.368 e. The van der Waals surface area contributed by atoms with Crippen molar-refractivity contribution in [2.75, 3.05) is 31.1 Å². The molecule has 0 N–H and O–H groups in total. The van der Waals surface area contributed by atoms with E-state index in [2.05, 4.69) is 4.90 Å². The fraction of sp³-hybridized carbons (Fsp3) is 0.278. The van der Waals surface area contributed by atoms with Gasteiger partial charge >= 0.3 is 0 Å². The second-order valence-electron chi connectivity index (χ2n) is 5.72. The number of rotatable bonds is 2. The lowest BCUT2D eigenvalue weighted by Gasteiger charge is -2.36. The first-order valence-corrected chi connectivity index (χ1v) is 7.98. The fourth-order valence-electron chi connectivity index (χ4n) is 2.73. The summed E-state index contributed by atoms with van der Waals surface area (Å²) in [7, 11) is 0. The monoisotopic (exact) mass is 332 g/mol. The molecule has 0 saturated carbocycles. The highest BCUT2D eigenvalue weighted by Gasteiger charge is 2.22. The summed E-state index contributed by atoms with van der Waals surface area (Å²) in [4.78, 5) is 16.5. The van der Waals surface area contributed by atoms with Gasteiger partial charge in [0.1, 0.15) is 5.82 Å². The molecule has 0 atom stereocenters. The molecule has 120 valence electrons. The standard InChI is InChI=1S/C18H18ClFN2O/c1-13-2-3-14(12-17(13)19)18(23)22-10-8-21(9-11-22)16-6-4-15(20)5-7-16/h2-7,12H,8-11H2,1H3. The van der Waals surface area contributed by atoms with Crippen molar-refractivity contribution in [3.05, 3.63) is 64.4 Å². The van der Waals surface area contributed by atoms with Crippen LogP contribution in [0.5, 0.6) is 0 Å². The van der Waals surface area contributed by atoms with Gasteiger partial charge in [0.2, 0.25) is 0 Å². The number of carbonyl (C=O) groups is 1. The van der Waals surface area contributed by atoms with E-state index in [1.54, 1.807) is 18.2 Å². The summed E-state index contributed by atoms with van der Waals surface area (Å²) in [6.45, 7) is 4.66. The van der Waals surface area contributed by atoms with Crippen LogP contribution in [0.4, 0.5) is 10.1 Å². The molecule has 0 spiro atoms. The van der Waals surface area contributed by atoms with Gasteiger partial charge in [-0.25, -0.2) is 4.39 Å². The van der Waals surface area contributed by atoms with Crippen LogP contribution in [0.2, 0.25) is 5.02 Å². The van der Waals surface area contributed by atoms with Crippen molar-refractivity contribution in [3.8, 4) is 0 Å². The highest BCUT2D eigenvalue weighted by Crippen LogP contribution is 2.20. The molecule has 1 heterocycles. The summed E-state index contributed by atoms with van der Waals surface area (Å²) in [5.41, 5.74) is 2.57. The molecular formula is C18H18ClFN2O. The molecule has 0 bridgehead atoms. The molecule has 23 heavy (non-hydrogen) atoms. The van der Waals surface area contributed by atoms with Gasteiger partial charge in [-0.3, -0.25) is 4.79 Å². The van der Waals surface area contributed by atoms with Gasteiger partial charge < -0.3 is 9.80 Å². The lowest BCUT2D eigenvalue weighted by Crippen LogP contribution is -2.48. The van der Waals surface area contributed by atoms with E-state index in [4.69, 9.17) is 11.6 Å². The number of amides is 1. The van der Waals surface area contributed by atoms with E-state index in [9.17, 15) is 9.18 Å². The quantitative estimate of drug-likeness (QED) is 0.836. The molecule has 1 aliphatic rings. The molecule has 0 aliphatic carbocycles. The van der Waals surface area contributed by atoms with Crippen LogP contribution in [0.1, 0.15) is 15.9 Å². The Morgan fingerprint density at radius 1 is 1.04 bits per heavy atom. The maximum Gasteiger partial charge on any atom is 0.254 e. The summed E-state index contributed by atoms with van der Waals surface area (Å²) >= 11 is 6.10. The zero-order valence-electron chi connectivity index (χ0n) is 12.9. The molecule has 0 aromatic heterocycles. The molecule has 5 heteroatoms. The predicted octanol–water partition coefficient (Wildman–Crippen LogP) is 3.75. The smallest absolute Gasteiger partial charge is 0.254 e. The van der Waals surface area contributed by atoms with Crippen LogP contribution in [0.15, 0.2) is 42.5 Å². The van der Waals surface area contributed by atoms with Crippen molar-refractivity contribution < 1.29 is 9.18 Å². The maximum absolute atomic E-state index is 13.0. The number of anilines is 1. The molecule has 1 saturated heterocycles. The minimum atomic E-state index is -0.237. The number of piperazine rings is 1. The Labute approximate surface area is 140 Å². The lowest BCUT2D eigenvalue weighted by atomic mass is 10.1. The van der Waals surface area contributed by atoms with E-state index < -0.39 is 0 Å². The van der Waals surface area contributed by atoms with Crippen LogP contribution in [-0.2, 0) is 0 Å². The van der Waals surface area contributed by atoms with Crippen LogP contribution >= 0.6 is 11.6 Å². The Hall–Kier alpha value is -2.07. The molecule has 2 aromatic carbocycles. The molecule has 1 aliphatic heterocycles. The Morgan fingerprint density at radius 3 is 2.30 bits per heavy atom. The van der Waals surface area contributed by atoms with Crippen molar-refractivity contribution in [1.29, 1.82) is 0 Å². The normalized spacial score (nSPS) is 14.9. The predicted molar refractivity (Wildman–Crippen MR) is 90.7 cm³/mol. The van der Waals surface area contributed by atoms with Gasteiger partial charge in [0.25, 0.3) is 5.91 Å². The van der Waals surface area contributed by atoms with Crippen LogP contribution in [0.3, 0.4) is 0 Å². The number of aryl methyl sites for hydroxylation is 1. The summed E-state index contributed by atoms with van der Waals surface area (Å²) in [5.74, 6) is -0.232. The molecule has 1 fully saturated rings. The molecular weight excluding hydrogens is 315 g/mol. The van der Waals surface area contributed by atoms with Gasteiger partial charge in [0, 0.05) is 42.5 Å². The third-order valence-corrected chi connectivity index (χ3v) is 4.58. The molecule has 1 amide bonds. The van der Waals surface area contributed by atoms with Crippen LogP contribution in [0.25, 0.3) is 0 Å². The first-order chi connectivity index (χ1) is 11.0. The molecule has 0 radical (unpaired) electrons. The van der Waals surface area contributed by atoms with Crippen LogP contribution in [0, 0.1) is 12.7 Å². The minimum absolute atomic E-state index is 0.00524. The second kappa shape index (κ2) is 6.59. The number of halogens is 2. The summed E-state index contributed by atoms with van der Waals surface area (Å²) in [6, 6.07) is 11.9. The number of nitrogens with zero attached hydrogens (tertiary/aromatic N) is 2. The first-order valence-electron chi connectivity index (χ1n) is 7.60. The Kier molecular flexibility index (Phi) is 4.53. The number of hydrogen-bond acceptors (Lipinski definition) is 2. The van der Waals surface area contributed by atoms with E-state index in [0.717, 1.165) is 24.3 Å². The van der Waals surface area contributed by atoms with Gasteiger partial charge in [-0.15, -0.1) is 0 Å². The Morgan fingerprint density at radius 2 is 1.70 bits per heavy atom. The average molecular weight is 333 g/mol. The van der Waals surface area contributed by atoms with Crippen molar-refractivity contribution in [2.24, 2.45) is 0 Å². The summed E-state index contributed by atoms with van der Waals surface area (Å²) in [6.07, 6.45) is 0. The SMILES string of the molecule is Cc1ccc(C(=O)N2CCN(c3ccc(F)cc3)CC2)cc1Cl. The number of carbonyl (C=O) groups excluding carboxylic acids is 1. The maximum atomic E-state index is 13.0. The van der Waals surface area contributed by atoms with Gasteiger partial charge in [-0.2, -0.15) is 0 Å². The third-order valence-electron chi connectivity index (χ3n) is 4.18. The highest BCUT2D eigenvalue weighted by atomic mass is 35.5. The zero-order chi connectivity index (χ0) is 16.4. The topological polar surface area (TPSA) is 23.6 Å². The number of hydrogen-bond donors (Lipinski definition) is 0. The van der Waals surface area contributed by atoms with Crippen molar-refractivity contribution in [1.82, 2.24) is 4.90 Å². The van der Waals surface area contributed by atoms with Crippen molar-refractivity contribution in [3.63, 3.8) is 0 Å². The lowest BCUT2D eigenvalue weighted by molar-refractivity contribution is 0.0747. The van der Waals surface area contributed by atoms with Gasteiger partial charge in [0.15, 0.2) is 0 Å². The molecule has 0 unspecified atom stereocenters. The van der Waals surface area contributed by atoms with E-state index >= 15 is 0 Å². The average Bonchev–Trinajstić information content (AvgIpc) is 2.57. The van der Waals surface area contributed by atoms with Crippen molar-refractivity contribution >= 4 is 23.2 Å². The molecule has 3 nitrogen and oxygen atoms in total. The summed E-state index contributed by atoms with van der Waals surface area (Å²) in [5, 5.41) is 0.612. The van der Waals surface area contributed by atoms with Crippen molar-refractivity contribution in [2.45, 2.75) is 6.92 Å². The second-order valence-corrected chi connectivity index (χ2v) is 6.13. The minimum Gasteiger partial charge on any atom is -0.368 e. The van der Waals surface area contributed by atoms with Crippen LogP contribution < -0.4 is 4.90 Å². The zero-order valence-corrected chi connectivity index (χ0v) is 13.7.